The number of aromatic nitrogens is 2. The van der Waals surface area contributed by atoms with Gasteiger partial charge in [0, 0.05) is 19.8 Å². The summed E-state index contributed by atoms with van der Waals surface area (Å²) in [5.41, 5.74) is 0.749. The van der Waals surface area contributed by atoms with E-state index in [1.54, 1.807) is 35.9 Å². The van der Waals surface area contributed by atoms with Crippen molar-refractivity contribution in [3.05, 3.63) is 66.5 Å². The normalized spacial score (nSPS) is 11.9. The SMILES string of the molecule is Cn1cnc(S(=O)(=O)N(Cc2ccc(O)cc2)Cc2ccco2)c1. The van der Waals surface area contributed by atoms with E-state index < -0.39 is 10.0 Å². The molecular weight excluding hydrogens is 330 g/mol. The summed E-state index contributed by atoms with van der Waals surface area (Å²) >= 11 is 0. The Hall–Kier alpha value is -2.58. The summed E-state index contributed by atoms with van der Waals surface area (Å²) < 4.78 is 34.0. The van der Waals surface area contributed by atoms with Gasteiger partial charge in [-0.1, -0.05) is 12.1 Å². The number of nitrogens with zero attached hydrogens (tertiary/aromatic N) is 3. The van der Waals surface area contributed by atoms with Crippen molar-refractivity contribution < 1.29 is 17.9 Å². The van der Waals surface area contributed by atoms with Crippen LogP contribution in [0.5, 0.6) is 5.75 Å². The van der Waals surface area contributed by atoms with Crippen LogP contribution >= 0.6 is 0 Å². The number of benzene rings is 1. The third-order valence-corrected chi connectivity index (χ3v) is 5.17. The fourth-order valence-electron chi connectivity index (χ4n) is 2.26. The number of hydrogen-bond donors (Lipinski definition) is 1. The van der Waals surface area contributed by atoms with Crippen molar-refractivity contribution in [2.24, 2.45) is 7.05 Å². The minimum absolute atomic E-state index is 0.0182. The van der Waals surface area contributed by atoms with E-state index in [1.807, 2.05) is 0 Å². The van der Waals surface area contributed by atoms with Crippen LogP contribution in [0.15, 0.2) is 64.6 Å². The molecule has 126 valence electrons. The Labute approximate surface area is 139 Å². The Morgan fingerprint density at radius 3 is 2.54 bits per heavy atom. The number of aryl methyl sites for hydroxylation is 1. The lowest BCUT2D eigenvalue weighted by molar-refractivity contribution is 0.357. The standard InChI is InChI=1S/C16H17N3O4S/c1-18-11-16(17-12-18)24(21,22)19(10-15-3-2-8-23-15)9-13-4-6-14(20)7-5-13/h2-8,11-12,20H,9-10H2,1H3. The summed E-state index contributed by atoms with van der Waals surface area (Å²) in [7, 11) is -2.07. The van der Waals surface area contributed by atoms with Crippen LogP contribution in [0.4, 0.5) is 0 Å². The third-order valence-electron chi connectivity index (χ3n) is 3.49. The average molecular weight is 347 g/mol. The van der Waals surface area contributed by atoms with Crippen molar-refractivity contribution in [3.63, 3.8) is 0 Å². The summed E-state index contributed by atoms with van der Waals surface area (Å²) in [6.07, 6.45) is 4.40. The van der Waals surface area contributed by atoms with Crippen molar-refractivity contribution in [1.29, 1.82) is 0 Å². The molecule has 0 saturated heterocycles. The molecule has 0 amide bonds. The van der Waals surface area contributed by atoms with Gasteiger partial charge in [0.15, 0.2) is 5.03 Å². The molecule has 0 bridgehead atoms. The van der Waals surface area contributed by atoms with Gasteiger partial charge in [0.2, 0.25) is 0 Å². The zero-order valence-corrected chi connectivity index (χ0v) is 13.8. The van der Waals surface area contributed by atoms with E-state index in [-0.39, 0.29) is 23.9 Å². The van der Waals surface area contributed by atoms with Crippen LogP contribution in [0.25, 0.3) is 0 Å². The highest BCUT2D eigenvalue weighted by Crippen LogP contribution is 2.21. The van der Waals surface area contributed by atoms with Gasteiger partial charge in [-0.15, -0.1) is 0 Å². The van der Waals surface area contributed by atoms with Crippen LogP contribution in [0.2, 0.25) is 0 Å². The van der Waals surface area contributed by atoms with Gasteiger partial charge in [-0.3, -0.25) is 0 Å². The lowest BCUT2D eigenvalue weighted by Gasteiger charge is -2.20. The molecule has 0 aliphatic carbocycles. The van der Waals surface area contributed by atoms with Crippen LogP contribution in [-0.2, 0) is 30.2 Å². The summed E-state index contributed by atoms with van der Waals surface area (Å²) in [4.78, 5) is 3.96. The first-order valence-electron chi connectivity index (χ1n) is 7.23. The molecular formula is C16H17N3O4S. The molecule has 2 aromatic heterocycles. The van der Waals surface area contributed by atoms with Gasteiger partial charge in [0.05, 0.1) is 19.1 Å². The van der Waals surface area contributed by atoms with Gasteiger partial charge in [-0.2, -0.15) is 4.31 Å². The van der Waals surface area contributed by atoms with Gasteiger partial charge in [0.1, 0.15) is 11.5 Å². The van der Waals surface area contributed by atoms with E-state index in [2.05, 4.69) is 4.98 Å². The molecule has 24 heavy (non-hydrogen) atoms. The second-order valence-electron chi connectivity index (χ2n) is 5.40. The quantitative estimate of drug-likeness (QED) is 0.738. The second kappa shape index (κ2) is 6.50. The molecule has 0 saturated carbocycles. The summed E-state index contributed by atoms with van der Waals surface area (Å²) in [6.45, 7) is 0.229. The van der Waals surface area contributed by atoms with Crippen LogP contribution in [-0.4, -0.2) is 27.4 Å². The highest BCUT2D eigenvalue weighted by Gasteiger charge is 2.27. The molecule has 0 atom stereocenters. The Balaban J connectivity index is 1.93. The number of imidazole rings is 1. The topological polar surface area (TPSA) is 88.6 Å². The molecule has 0 spiro atoms. The number of hydrogen-bond acceptors (Lipinski definition) is 5. The van der Waals surface area contributed by atoms with Gasteiger partial charge >= 0.3 is 0 Å². The van der Waals surface area contributed by atoms with Crippen LogP contribution in [0, 0.1) is 0 Å². The van der Waals surface area contributed by atoms with Gasteiger partial charge in [-0.05, 0) is 29.8 Å². The fourth-order valence-corrected chi connectivity index (χ4v) is 3.62. The Bertz CT molecular complexity index is 899. The molecule has 8 heteroatoms. The second-order valence-corrected chi connectivity index (χ2v) is 7.28. The number of rotatable bonds is 6. The molecule has 0 unspecified atom stereocenters. The maximum absolute atomic E-state index is 12.9. The lowest BCUT2D eigenvalue weighted by atomic mass is 10.2. The van der Waals surface area contributed by atoms with Crippen molar-refractivity contribution in [1.82, 2.24) is 13.9 Å². The van der Waals surface area contributed by atoms with E-state index in [1.165, 1.54) is 35.2 Å². The van der Waals surface area contributed by atoms with Crippen molar-refractivity contribution in [2.75, 3.05) is 0 Å². The molecule has 0 aliphatic rings. The van der Waals surface area contributed by atoms with E-state index >= 15 is 0 Å². The Kier molecular flexibility index (Phi) is 4.41. The third kappa shape index (κ3) is 3.50. The predicted molar refractivity (Wildman–Crippen MR) is 86.5 cm³/mol. The molecule has 0 radical (unpaired) electrons. The molecule has 3 aromatic rings. The first kappa shape index (κ1) is 16.3. The molecule has 2 heterocycles. The van der Waals surface area contributed by atoms with Crippen LogP contribution in [0.3, 0.4) is 0 Å². The number of aromatic hydroxyl groups is 1. The van der Waals surface area contributed by atoms with Gasteiger partial charge in [-0.25, -0.2) is 13.4 Å². The van der Waals surface area contributed by atoms with Crippen molar-refractivity contribution in [2.45, 2.75) is 18.1 Å². The summed E-state index contributed by atoms with van der Waals surface area (Å²) in [6, 6.07) is 9.83. The van der Waals surface area contributed by atoms with Crippen molar-refractivity contribution >= 4 is 10.0 Å². The smallest absolute Gasteiger partial charge is 0.262 e. The molecule has 0 aliphatic heterocycles. The number of sulfonamides is 1. The molecule has 1 N–H and O–H groups in total. The van der Waals surface area contributed by atoms with E-state index in [0.717, 1.165) is 5.56 Å². The minimum Gasteiger partial charge on any atom is -0.508 e. The van der Waals surface area contributed by atoms with Gasteiger partial charge in [0.25, 0.3) is 10.0 Å². The van der Waals surface area contributed by atoms with Crippen LogP contribution < -0.4 is 0 Å². The highest BCUT2D eigenvalue weighted by molar-refractivity contribution is 7.89. The number of phenols is 1. The Morgan fingerprint density at radius 2 is 1.96 bits per heavy atom. The summed E-state index contributed by atoms with van der Waals surface area (Å²) in [5, 5.41) is 9.36. The minimum atomic E-state index is -3.79. The first-order chi connectivity index (χ1) is 11.4. The van der Waals surface area contributed by atoms with E-state index in [9.17, 15) is 13.5 Å². The van der Waals surface area contributed by atoms with E-state index in [0.29, 0.717) is 5.76 Å². The number of phenolic OH excluding ortho intramolecular Hbond substituents is 1. The lowest BCUT2D eigenvalue weighted by Crippen LogP contribution is -2.30. The maximum Gasteiger partial charge on any atom is 0.262 e. The molecule has 1 aromatic carbocycles. The maximum atomic E-state index is 12.9. The van der Waals surface area contributed by atoms with Crippen molar-refractivity contribution in [3.8, 4) is 5.75 Å². The molecule has 0 fully saturated rings. The van der Waals surface area contributed by atoms with E-state index in [4.69, 9.17) is 4.42 Å². The predicted octanol–water partition coefficient (Wildman–Crippen LogP) is 2.11. The largest absolute Gasteiger partial charge is 0.508 e. The van der Waals surface area contributed by atoms with Gasteiger partial charge < -0.3 is 14.1 Å². The van der Waals surface area contributed by atoms with Crippen LogP contribution in [0.1, 0.15) is 11.3 Å². The zero-order chi connectivity index (χ0) is 17.2. The zero-order valence-electron chi connectivity index (χ0n) is 13.0. The fraction of sp³-hybridized carbons (Fsp3) is 0.188. The average Bonchev–Trinajstić information content (AvgIpc) is 3.20. The monoisotopic (exact) mass is 347 g/mol. The Morgan fingerprint density at radius 1 is 1.21 bits per heavy atom. The highest BCUT2D eigenvalue weighted by atomic mass is 32.2. The first-order valence-corrected chi connectivity index (χ1v) is 8.67. The summed E-state index contributed by atoms with van der Waals surface area (Å²) in [5.74, 6) is 0.664. The molecule has 3 rings (SSSR count). The number of furan rings is 1. The molecule has 7 nitrogen and oxygen atoms in total.